The number of amides is 1. The topological polar surface area (TPSA) is 93.7 Å². The molecule has 172 valence electrons. The molecule has 7 nitrogen and oxygen atoms in total. The van der Waals surface area contributed by atoms with Crippen LogP contribution in [0, 0.1) is 0 Å². The van der Waals surface area contributed by atoms with Gasteiger partial charge in [-0.2, -0.15) is 0 Å². The molecule has 0 aliphatic heterocycles. The van der Waals surface area contributed by atoms with Gasteiger partial charge >= 0.3 is 0 Å². The van der Waals surface area contributed by atoms with E-state index in [1.807, 2.05) is 24.3 Å². The summed E-state index contributed by atoms with van der Waals surface area (Å²) in [6.07, 6.45) is 3.10. The van der Waals surface area contributed by atoms with Gasteiger partial charge in [0.15, 0.2) is 0 Å². The second-order valence-electron chi connectivity index (χ2n) is 6.80. The Kier molecular flexibility index (Phi) is 8.13. The Bertz CT molecular complexity index is 1240. The quantitative estimate of drug-likeness (QED) is 0.365. The largest absolute Gasteiger partial charge is 0.497 e. The Labute approximate surface area is 201 Å². The van der Waals surface area contributed by atoms with E-state index in [2.05, 4.69) is 26.0 Å². The average molecular weight is 531 g/mol. The molecule has 3 aromatic rings. The summed E-state index contributed by atoms with van der Waals surface area (Å²) in [5.41, 5.74) is 1.73. The molecule has 3 rings (SSSR count). The molecule has 0 aliphatic rings. The summed E-state index contributed by atoms with van der Waals surface area (Å²) >= 11 is 3.29. The van der Waals surface area contributed by atoms with Crippen LogP contribution in [0.1, 0.15) is 12.5 Å². The molecule has 0 unspecified atom stereocenters. The van der Waals surface area contributed by atoms with Crippen molar-refractivity contribution >= 4 is 49.3 Å². The molecule has 33 heavy (non-hydrogen) atoms. The lowest BCUT2D eigenvalue weighted by atomic mass is 10.2. The van der Waals surface area contributed by atoms with Crippen LogP contribution in [0.4, 0.5) is 11.4 Å². The number of anilines is 2. The lowest BCUT2D eigenvalue weighted by Crippen LogP contribution is -2.15. The maximum absolute atomic E-state index is 12.9. The highest BCUT2D eigenvalue weighted by atomic mass is 79.9. The van der Waals surface area contributed by atoms with Gasteiger partial charge in [-0.25, -0.2) is 8.42 Å². The standard InChI is InChI=1S/C24H23BrN2O5S/c1-3-32-22-14-7-18(25)16-23(22)33(29,30)27-20-10-8-19(9-11-20)26-24(28)15-6-17-4-12-21(31-2)13-5-17/h4-16,27H,3H2,1-2H3,(H,26,28)/b15-6+. The average Bonchev–Trinajstić information content (AvgIpc) is 2.80. The van der Waals surface area contributed by atoms with Gasteiger partial charge in [-0.05, 0) is 73.2 Å². The van der Waals surface area contributed by atoms with Gasteiger partial charge in [0.2, 0.25) is 5.91 Å². The minimum atomic E-state index is -3.88. The third-order valence-electron chi connectivity index (χ3n) is 4.44. The molecular weight excluding hydrogens is 508 g/mol. The molecule has 3 aromatic carbocycles. The number of carbonyl (C=O) groups is 1. The Balaban J connectivity index is 1.65. The second-order valence-corrected chi connectivity index (χ2v) is 9.37. The Morgan fingerprint density at radius 1 is 1.00 bits per heavy atom. The molecule has 0 spiro atoms. The number of rotatable bonds is 9. The third kappa shape index (κ3) is 6.84. The van der Waals surface area contributed by atoms with Crippen molar-refractivity contribution in [1.82, 2.24) is 0 Å². The van der Waals surface area contributed by atoms with Crippen LogP contribution in [0.3, 0.4) is 0 Å². The molecule has 0 aromatic heterocycles. The van der Waals surface area contributed by atoms with Crippen molar-refractivity contribution in [2.75, 3.05) is 23.8 Å². The van der Waals surface area contributed by atoms with Gasteiger partial charge in [0.05, 0.1) is 13.7 Å². The molecule has 0 bridgehead atoms. The maximum atomic E-state index is 12.9. The second kappa shape index (κ2) is 11.0. The van der Waals surface area contributed by atoms with Gasteiger partial charge in [-0.3, -0.25) is 9.52 Å². The number of methoxy groups -OCH3 is 1. The van der Waals surface area contributed by atoms with Crippen LogP contribution in [0.15, 0.2) is 82.2 Å². The van der Waals surface area contributed by atoms with Crippen LogP contribution in [0.2, 0.25) is 0 Å². The number of hydrogen-bond donors (Lipinski definition) is 2. The van der Waals surface area contributed by atoms with Crippen molar-refractivity contribution in [3.8, 4) is 11.5 Å². The summed E-state index contributed by atoms with van der Waals surface area (Å²) in [6.45, 7) is 2.12. The lowest BCUT2D eigenvalue weighted by Gasteiger charge is -2.13. The smallest absolute Gasteiger partial charge is 0.265 e. The fraction of sp³-hybridized carbons (Fsp3) is 0.125. The molecule has 0 heterocycles. The SMILES string of the molecule is CCOc1ccc(Br)cc1S(=O)(=O)Nc1ccc(NC(=O)/C=C/c2ccc(OC)cc2)cc1. The Morgan fingerprint density at radius 3 is 2.30 bits per heavy atom. The number of benzene rings is 3. The Hall–Kier alpha value is -3.30. The van der Waals surface area contributed by atoms with Gasteiger partial charge < -0.3 is 14.8 Å². The van der Waals surface area contributed by atoms with Crippen LogP contribution < -0.4 is 19.5 Å². The minimum Gasteiger partial charge on any atom is -0.497 e. The zero-order chi connectivity index (χ0) is 23.8. The molecule has 0 radical (unpaired) electrons. The monoisotopic (exact) mass is 530 g/mol. The lowest BCUT2D eigenvalue weighted by molar-refractivity contribution is -0.111. The zero-order valence-corrected chi connectivity index (χ0v) is 20.4. The Morgan fingerprint density at radius 2 is 1.67 bits per heavy atom. The molecule has 1 amide bonds. The van der Waals surface area contributed by atoms with E-state index < -0.39 is 10.0 Å². The first-order chi connectivity index (χ1) is 15.8. The zero-order valence-electron chi connectivity index (χ0n) is 18.0. The number of ether oxygens (including phenoxy) is 2. The highest BCUT2D eigenvalue weighted by Gasteiger charge is 2.20. The maximum Gasteiger partial charge on any atom is 0.265 e. The summed E-state index contributed by atoms with van der Waals surface area (Å²) in [7, 11) is -2.29. The molecule has 2 N–H and O–H groups in total. The molecular formula is C24H23BrN2O5S. The molecule has 0 saturated heterocycles. The summed E-state index contributed by atoms with van der Waals surface area (Å²) in [4.78, 5) is 12.2. The molecule has 0 aliphatic carbocycles. The van der Waals surface area contributed by atoms with Gasteiger partial charge in [-0.15, -0.1) is 0 Å². The van der Waals surface area contributed by atoms with Gasteiger partial charge in [-0.1, -0.05) is 28.1 Å². The summed E-state index contributed by atoms with van der Waals surface area (Å²) in [5.74, 6) is 0.691. The molecule has 0 atom stereocenters. The predicted octanol–water partition coefficient (Wildman–Crippen LogP) is 5.31. The van der Waals surface area contributed by atoms with Crippen molar-refractivity contribution in [3.05, 3.63) is 82.8 Å². The van der Waals surface area contributed by atoms with E-state index in [1.54, 1.807) is 56.5 Å². The van der Waals surface area contributed by atoms with E-state index in [-0.39, 0.29) is 16.6 Å². The summed E-state index contributed by atoms with van der Waals surface area (Å²) in [5, 5.41) is 2.74. The first-order valence-corrected chi connectivity index (χ1v) is 12.3. The van der Waals surface area contributed by atoms with E-state index in [0.29, 0.717) is 22.5 Å². The van der Waals surface area contributed by atoms with Crippen molar-refractivity contribution in [3.63, 3.8) is 0 Å². The van der Waals surface area contributed by atoms with E-state index in [1.165, 1.54) is 12.1 Å². The highest BCUT2D eigenvalue weighted by Crippen LogP contribution is 2.29. The summed E-state index contributed by atoms with van der Waals surface area (Å²) < 4.78 is 39.4. The highest BCUT2D eigenvalue weighted by molar-refractivity contribution is 9.10. The molecule has 0 fully saturated rings. The van der Waals surface area contributed by atoms with Gasteiger partial charge in [0.25, 0.3) is 10.0 Å². The first-order valence-electron chi connectivity index (χ1n) is 9.99. The summed E-state index contributed by atoms with van der Waals surface area (Å²) in [6, 6.07) is 18.4. The van der Waals surface area contributed by atoms with Crippen LogP contribution in [0.25, 0.3) is 6.08 Å². The van der Waals surface area contributed by atoms with Crippen molar-refractivity contribution < 1.29 is 22.7 Å². The van der Waals surface area contributed by atoms with Crippen molar-refractivity contribution in [2.24, 2.45) is 0 Å². The normalized spacial score (nSPS) is 11.2. The van der Waals surface area contributed by atoms with E-state index in [9.17, 15) is 13.2 Å². The van der Waals surface area contributed by atoms with Crippen molar-refractivity contribution in [2.45, 2.75) is 11.8 Å². The van der Waals surface area contributed by atoms with Gasteiger partial charge in [0, 0.05) is 21.9 Å². The number of carbonyl (C=O) groups excluding carboxylic acids is 1. The molecule has 0 saturated carbocycles. The number of hydrogen-bond acceptors (Lipinski definition) is 5. The van der Waals surface area contributed by atoms with Crippen molar-refractivity contribution in [1.29, 1.82) is 0 Å². The van der Waals surface area contributed by atoms with E-state index >= 15 is 0 Å². The number of halogens is 1. The third-order valence-corrected chi connectivity index (χ3v) is 6.34. The van der Waals surface area contributed by atoms with E-state index in [4.69, 9.17) is 9.47 Å². The van der Waals surface area contributed by atoms with Crippen LogP contribution in [0.5, 0.6) is 11.5 Å². The fourth-order valence-electron chi connectivity index (χ4n) is 2.87. The number of sulfonamides is 1. The first kappa shape index (κ1) is 24.3. The van der Waals surface area contributed by atoms with Crippen LogP contribution in [-0.4, -0.2) is 28.0 Å². The predicted molar refractivity (Wildman–Crippen MR) is 133 cm³/mol. The molecule has 9 heteroatoms. The van der Waals surface area contributed by atoms with Crippen LogP contribution in [-0.2, 0) is 14.8 Å². The van der Waals surface area contributed by atoms with Gasteiger partial charge in [0.1, 0.15) is 16.4 Å². The minimum absolute atomic E-state index is 0.0276. The van der Waals surface area contributed by atoms with Crippen LogP contribution >= 0.6 is 15.9 Å². The fourth-order valence-corrected chi connectivity index (χ4v) is 4.61. The number of nitrogens with one attached hydrogen (secondary N) is 2. The van der Waals surface area contributed by atoms with E-state index in [0.717, 1.165) is 11.3 Å².